The summed E-state index contributed by atoms with van der Waals surface area (Å²) in [6, 6.07) is 11.4. The van der Waals surface area contributed by atoms with Gasteiger partial charge in [0.1, 0.15) is 11.5 Å². The molecule has 1 amide bonds. The SMILES string of the molecule is CC(C)CNC(=O)c1cc(NCC2CCCO2)nc(-c2ccccc2)n1. The molecule has 0 saturated carbocycles. The zero-order chi connectivity index (χ0) is 18.4. The lowest BCUT2D eigenvalue weighted by molar-refractivity contribution is 0.0944. The van der Waals surface area contributed by atoms with Crippen molar-refractivity contribution < 1.29 is 9.53 Å². The van der Waals surface area contributed by atoms with E-state index in [1.54, 1.807) is 6.07 Å². The molecule has 1 aromatic heterocycles. The van der Waals surface area contributed by atoms with Crippen LogP contribution in [0.5, 0.6) is 0 Å². The fraction of sp³-hybridized carbons (Fsp3) is 0.450. The lowest BCUT2D eigenvalue weighted by Gasteiger charge is -2.14. The number of ether oxygens (including phenoxy) is 1. The van der Waals surface area contributed by atoms with Gasteiger partial charge < -0.3 is 15.4 Å². The molecule has 1 saturated heterocycles. The van der Waals surface area contributed by atoms with E-state index in [-0.39, 0.29) is 12.0 Å². The Hall–Kier alpha value is -2.47. The summed E-state index contributed by atoms with van der Waals surface area (Å²) in [5.74, 6) is 1.38. The van der Waals surface area contributed by atoms with Crippen molar-refractivity contribution >= 4 is 11.7 Å². The van der Waals surface area contributed by atoms with E-state index in [1.165, 1.54) is 0 Å². The summed E-state index contributed by atoms with van der Waals surface area (Å²) in [5.41, 5.74) is 1.25. The van der Waals surface area contributed by atoms with Gasteiger partial charge in [-0.25, -0.2) is 9.97 Å². The summed E-state index contributed by atoms with van der Waals surface area (Å²) in [6.07, 6.45) is 2.34. The van der Waals surface area contributed by atoms with Crippen molar-refractivity contribution in [2.75, 3.05) is 25.0 Å². The maximum Gasteiger partial charge on any atom is 0.270 e. The highest BCUT2D eigenvalue weighted by atomic mass is 16.5. The van der Waals surface area contributed by atoms with Gasteiger partial charge in [-0.05, 0) is 18.8 Å². The van der Waals surface area contributed by atoms with Crippen molar-refractivity contribution in [3.8, 4) is 11.4 Å². The third-order valence-corrected chi connectivity index (χ3v) is 4.20. The third-order valence-electron chi connectivity index (χ3n) is 4.20. The van der Waals surface area contributed by atoms with E-state index in [4.69, 9.17) is 4.74 Å². The molecule has 1 aromatic carbocycles. The number of rotatable bonds is 7. The maximum absolute atomic E-state index is 12.5. The Morgan fingerprint density at radius 1 is 1.27 bits per heavy atom. The molecule has 3 rings (SSSR count). The zero-order valence-electron chi connectivity index (χ0n) is 15.4. The first-order valence-electron chi connectivity index (χ1n) is 9.20. The summed E-state index contributed by atoms with van der Waals surface area (Å²) in [7, 11) is 0. The lowest BCUT2D eigenvalue weighted by Crippen LogP contribution is -2.28. The van der Waals surface area contributed by atoms with Crippen LogP contribution < -0.4 is 10.6 Å². The van der Waals surface area contributed by atoms with E-state index in [9.17, 15) is 4.79 Å². The Labute approximate surface area is 154 Å². The van der Waals surface area contributed by atoms with Crippen LogP contribution in [0.1, 0.15) is 37.2 Å². The largest absolute Gasteiger partial charge is 0.376 e. The van der Waals surface area contributed by atoms with E-state index in [0.29, 0.717) is 36.3 Å². The molecule has 0 spiro atoms. The molecular weight excluding hydrogens is 328 g/mol. The second-order valence-corrected chi connectivity index (χ2v) is 6.95. The van der Waals surface area contributed by atoms with Gasteiger partial charge in [0.15, 0.2) is 5.82 Å². The van der Waals surface area contributed by atoms with Crippen molar-refractivity contribution in [2.45, 2.75) is 32.8 Å². The number of carbonyl (C=O) groups is 1. The maximum atomic E-state index is 12.5. The van der Waals surface area contributed by atoms with E-state index >= 15 is 0 Å². The molecule has 1 fully saturated rings. The molecular formula is C20H26N4O2. The van der Waals surface area contributed by atoms with Crippen LogP contribution in [0.2, 0.25) is 0 Å². The van der Waals surface area contributed by atoms with Crippen LogP contribution in [-0.2, 0) is 4.74 Å². The Kier molecular flexibility index (Phi) is 6.17. The minimum Gasteiger partial charge on any atom is -0.376 e. The van der Waals surface area contributed by atoms with Crippen LogP contribution in [0, 0.1) is 5.92 Å². The Balaban J connectivity index is 1.82. The standard InChI is InChI=1S/C20H26N4O2/c1-14(2)12-22-20(25)17-11-18(21-13-16-9-6-10-26-16)24-19(23-17)15-7-4-3-5-8-15/h3-5,7-8,11,14,16H,6,9-10,12-13H2,1-2H3,(H,22,25)(H,21,23,24). The number of amides is 1. The number of hydrogen-bond acceptors (Lipinski definition) is 5. The summed E-state index contributed by atoms with van der Waals surface area (Å²) < 4.78 is 5.65. The fourth-order valence-electron chi connectivity index (χ4n) is 2.78. The predicted molar refractivity (Wildman–Crippen MR) is 102 cm³/mol. The Morgan fingerprint density at radius 3 is 2.77 bits per heavy atom. The second kappa shape index (κ2) is 8.76. The normalized spacial score (nSPS) is 16.7. The van der Waals surface area contributed by atoms with Crippen LogP contribution in [0.15, 0.2) is 36.4 Å². The predicted octanol–water partition coefficient (Wildman–Crippen LogP) is 3.12. The molecule has 1 unspecified atom stereocenters. The van der Waals surface area contributed by atoms with Gasteiger partial charge in [-0.1, -0.05) is 44.2 Å². The summed E-state index contributed by atoms with van der Waals surface area (Å²) in [4.78, 5) is 21.5. The minimum atomic E-state index is -0.182. The second-order valence-electron chi connectivity index (χ2n) is 6.95. The molecule has 6 heteroatoms. The van der Waals surface area contributed by atoms with Crippen LogP contribution in [0.3, 0.4) is 0 Å². The third kappa shape index (κ3) is 5.02. The molecule has 2 heterocycles. The topological polar surface area (TPSA) is 76.1 Å². The van der Waals surface area contributed by atoms with E-state index in [1.807, 2.05) is 30.3 Å². The van der Waals surface area contributed by atoms with Gasteiger partial charge in [0.25, 0.3) is 5.91 Å². The summed E-state index contributed by atoms with van der Waals surface area (Å²) in [5, 5.41) is 6.22. The highest BCUT2D eigenvalue weighted by molar-refractivity contribution is 5.93. The molecule has 1 aliphatic heterocycles. The van der Waals surface area contributed by atoms with Gasteiger partial charge in [-0.2, -0.15) is 0 Å². The smallest absolute Gasteiger partial charge is 0.270 e. The molecule has 6 nitrogen and oxygen atoms in total. The van der Waals surface area contributed by atoms with Crippen molar-refractivity contribution in [3.05, 3.63) is 42.1 Å². The molecule has 1 atom stereocenters. The summed E-state index contributed by atoms with van der Waals surface area (Å²) in [6.45, 7) is 6.23. The molecule has 138 valence electrons. The molecule has 2 aromatic rings. The Morgan fingerprint density at radius 2 is 2.08 bits per heavy atom. The van der Waals surface area contributed by atoms with Gasteiger partial charge >= 0.3 is 0 Å². The van der Waals surface area contributed by atoms with Gasteiger partial charge in [-0.3, -0.25) is 4.79 Å². The van der Waals surface area contributed by atoms with Gasteiger partial charge in [0.05, 0.1) is 6.10 Å². The zero-order valence-corrected chi connectivity index (χ0v) is 15.4. The molecule has 0 radical (unpaired) electrons. The summed E-state index contributed by atoms with van der Waals surface area (Å²) >= 11 is 0. The number of aromatic nitrogens is 2. The van der Waals surface area contributed by atoms with Crippen LogP contribution in [0.4, 0.5) is 5.82 Å². The van der Waals surface area contributed by atoms with Crippen LogP contribution in [0.25, 0.3) is 11.4 Å². The van der Waals surface area contributed by atoms with Crippen molar-refractivity contribution in [3.63, 3.8) is 0 Å². The number of nitrogens with one attached hydrogen (secondary N) is 2. The number of carbonyl (C=O) groups excluding carboxylic acids is 1. The minimum absolute atomic E-state index is 0.182. The fourth-order valence-corrected chi connectivity index (χ4v) is 2.78. The van der Waals surface area contributed by atoms with Gasteiger partial charge in [-0.15, -0.1) is 0 Å². The van der Waals surface area contributed by atoms with Crippen LogP contribution in [-0.4, -0.2) is 41.7 Å². The molecule has 0 bridgehead atoms. The van der Waals surface area contributed by atoms with Crippen molar-refractivity contribution in [1.82, 2.24) is 15.3 Å². The highest BCUT2D eigenvalue weighted by Gasteiger charge is 2.17. The molecule has 26 heavy (non-hydrogen) atoms. The van der Waals surface area contributed by atoms with Crippen molar-refractivity contribution in [1.29, 1.82) is 0 Å². The van der Waals surface area contributed by atoms with Crippen LogP contribution >= 0.6 is 0 Å². The van der Waals surface area contributed by atoms with Gasteiger partial charge in [0.2, 0.25) is 0 Å². The first-order chi connectivity index (χ1) is 12.6. The molecule has 1 aliphatic rings. The van der Waals surface area contributed by atoms with E-state index < -0.39 is 0 Å². The average Bonchev–Trinajstić information content (AvgIpc) is 3.18. The number of nitrogens with zero attached hydrogens (tertiary/aromatic N) is 2. The Bertz CT molecular complexity index is 728. The van der Waals surface area contributed by atoms with E-state index in [0.717, 1.165) is 25.0 Å². The van der Waals surface area contributed by atoms with Crippen molar-refractivity contribution in [2.24, 2.45) is 5.92 Å². The monoisotopic (exact) mass is 354 g/mol. The first-order valence-corrected chi connectivity index (χ1v) is 9.20. The number of benzene rings is 1. The number of hydrogen-bond donors (Lipinski definition) is 2. The first kappa shape index (κ1) is 18.3. The van der Waals surface area contributed by atoms with Gasteiger partial charge in [0, 0.05) is 31.3 Å². The quantitative estimate of drug-likeness (QED) is 0.799. The average molecular weight is 354 g/mol. The highest BCUT2D eigenvalue weighted by Crippen LogP contribution is 2.19. The molecule has 0 aliphatic carbocycles. The lowest BCUT2D eigenvalue weighted by atomic mass is 10.2. The molecule has 2 N–H and O–H groups in total. The van der Waals surface area contributed by atoms with E-state index in [2.05, 4.69) is 34.4 Å². The number of anilines is 1.